The van der Waals surface area contributed by atoms with Crippen LogP contribution in [0.15, 0.2) is 28.7 Å². The van der Waals surface area contributed by atoms with Gasteiger partial charge in [-0.2, -0.15) is 0 Å². The van der Waals surface area contributed by atoms with E-state index < -0.39 is 0 Å². The predicted molar refractivity (Wildman–Crippen MR) is 85.0 cm³/mol. The third-order valence-electron chi connectivity index (χ3n) is 4.24. The van der Waals surface area contributed by atoms with Crippen LogP contribution < -0.4 is 5.32 Å². The van der Waals surface area contributed by atoms with Gasteiger partial charge in [-0.1, -0.05) is 28.1 Å². The van der Waals surface area contributed by atoms with E-state index in [1.165, 1.54) is 0 Å². The Kier molecular flexibility index (Phi) is 4.93. The van der Waals surface area contributed by atoms with Gasteiger partial charge in [0.2, 0.25) is 5.91 Å². The molecule has 3 rings (SSSR count). The van der Waals surface area contributed by atoms with Gasteiger partial charge in [0.25, 0.3) is 0 Å². The lowest BCUT2D eigenvalue weighted by molar-refractivity contribution is -0.143. The fourth-order valence-electron chi connectivity index (χ4n) is 3.08. The first kappa shape index (κ1) is 15.0. The molecule has 4 nitrogen and oxygen atoms in total. The van der Waals surface area contributed by atoms with Gasteiger partial charge in [0.1, 0.15) is 6.10 Å². The summed E-state index contributed by atoms with van der Waals surface area (Å²) in [5.74, 6) is 0.422. The minimum absolute atomic E-state index is 0.0169. The highest BCUT2D eigenvalue weighted by atomic mass is 79.9. The quantitative estimate of drug-likeness (QED) is 0.888. The van der Waals surface area contributed by atoms with Crippen LogP contribution in [0.2, 0.25) is 0 Å². The van der Waals surface area contributed by atoms with E-state index in [4.69, 9.17) is 4.74 Å². The number of halogens is 1. The molecule has 0 radical (unpaired) electrons. The molecule has 2 aliphatic rings. The molecule has 1 aromatic rings. The van der Waals surface area contributed by atoms with Gasteiger partial charge in [-0.3, -0.25) is 4.79 Å². The first-order valence-electron chi connectivity index (χ1n) is 7.60. The van der Waals surface area contributed by atoms with Gasteiger partial charge in [-0.15, -0.1) is 0 Å². The number of rotatable bonds is 2. The first-order chi connectivity index (χ1) is 10.2. The summed E-state index contributed by atoms with van der Waals surface area (Å²) >= 11 is 3.49. The monoisotopic (exact) mass is 352 g/mol. The van der Waals surface area contributed by atoms with E-state index in [0.717, 1.165) is 36.0 Å². The number of nitrogens with zero attached hydrogens (tertiary/aromatic N) is 1. The number of carbonyl (C=O) groups is 1. The van der Waals surface area contributed by atoms with Crippen molar-refractivity contribution in [2.45, 2.75) is 18.9 Å². The van der Waals surface area contributed by atoms with Crippen molar-refractivity contribution in [3.8, 4) is 0 Å². The van der Waals surface area contributed by atoms with Crippen LogP contribution in [0, 0.1) is 5.92 Å². The molecule has 1 amide bonds. The number of piperidine rings is 1. The van der Waals surface area contributed by atoms with Gasteiger partial charge < -0.3 is 15.0 Å². The second-order valence-electron chi connectivity index (χ2n) is 5.74. The summed E-state index contributed by atoms with van der Waals surface area (Å²) in [7, 11) is 0. The van der Waals surface area contributed by atoms with E-state index >= 15 is 0 Å². The van der Waals surface area contributed by atoms with Gasteiger partial charge >= 0.3 is 0 Å². The molecule has 2 heterocycles. The van der Waals surface area contributed by atoms with Crippen molar-refractivity contribution in [3.63, 3.8) is 0 Å². The molecule has 1 N–H and O–H groups in total. The van der Waals surface area contributed by atoms with E-state index in [0.29, 0.717) is 19.7 Å². The van der Waals surface area contributed by atoms with Crippen LogP contribution in [0.4, 0.5) is 0 Å². The molecule has 1 aromatic carbocycles. The molecule has 2 aliphatic heterocycles. The number of hydrogen-bond donors (Lipinski definition) is 1. The summed E-state index contributed by atoms with van der Waals surface area (Å²) < 4.78 is 6.90. The zero-order valence-electron chi connectivity index (χ0n) is 12.1. The Labute approximate surface area is 134 Å². The van der Waals surface area contributed by atoms with Crippen molar-refractivity contribution in [2.75, 3.05) is 32.8 Å². The van der Waals surface area contributed by atoms with E-state index in [9.17, 15) is 4.79 Å². The van der Waals surface area contributed by atoms with Gasteiger partial charge in [0.05, 0.1) is 19.1 Å². The smallest absolute Gasteiger partial charge is 0.227 e. The largest absolute Gasteiger partial charge is 0.370 e. The van der Waals surface area contributed by atoms with Crippen LogP contribution in [0.5, 0.6) is 0 Å². The van der Waals surface area contributed by atoms with Gasteiger partial charge in [-0.05, 0) is 37.1 Å². The summed E-state index contributed by atoms with van der Waals surface area (Å²) in [4.78, 5) is 14.6. The molecule has 0 saturated carbocycles. The average molecular weight is 353 g/mol. The Morgan fingerprint density at radius 3 is 3.10 bits per heavy atom. The normalized spacial score (nSPS) is 26.6. The van der Waals surface area contributed by atoms with Crippen molar-refractivity contribution in [1.82, 2.24) is 10.2 Å². The summed E-state index contributed by atoms with van der Waals surface area (Å²) in [5.41, 5.74) is 1.13. The number of benzene rings is 1. The number of carbonyl (C=O) groups excluding carboxylic acids is 1. The SMILES string of the molecule is O=C(C1CCCNC1)N1CCOC(c2cccc(Br)c2)C1. The number of amides is 1. The Morgan fingerprint density at radius 1 is 1.43 bits per heavy atom. The van der Waals surface area contributed by atoms with Crippen molar-refractivity contribution in [1.29, 1.82) is 0 Å². The molecule has 0 aliphatic carbocycles. The third kappa shape index (κ3) is 3.65. The highest BCUT2D eigenvalue weighted by Gasteiger charge is 2.30. The molecule has 21 heavy (non-hydrogen) atoms. The molecule has 0 aromatic heterocycles. The number of morpholine rings is 1. The van der Waals surface area contributed by atoms with Crippen LogP contribution in [0.25, 0.3) is 0 Å². The summed E-state index contributed by atoms with van der Waals surface area (Å²) in [6, 6.07) is 8.14. The maximum absolute atomic E-state index is 12.6. The van der Waals surface area contributed by atoms with Crippen molar-refractivity contribution in [2.24, 2.45) is 5.92 Å². The van der Waals surface area contributed by atoms with E-state index in [2.05, 4.69) is 33.4 Å². The maximum Gasteiger partial charge on any atom is 0.227 e. The minimum Gasteiger partial charge on any atom is -0.370 e. The molecule has 0 spiro atoms. The second-order valence-corrected chi connectivity index (χ2v) is 6.66. The van der Waals surface area contributed by atoms with Crippen LogP contribution >= 0.6 is 15.9 Å². The maximum atomic E-state index is 12.6. The zero-order valence-corrected chi connectivity index (χ0v) is 13.6. The number of ether oxygens (including phenoxy) is 1. The molecule has 2 unspecified atom stereocenters. The number of hydrogen-bond acceptors (Lipinski definition) is 3. The minimum atomic E-state index is -0.0169. The van der Waals surface area contributed by atoms with Crippen LogP contribution in [-0.2, 0) is 9.53 Å². The van der Waals surface area contributed by atoms with Gasteiger partial charge in [0, 0.05) is 17.6 Å². The van der Waals surface area contributed by atoms with Crippen LogP contribution in [0.3, 0.4) is 0 Å². The van der Waals surface area contributed by atoms with Crippen molar-refractivity contribution < 1.29 is 9.53 Å². The highest BCUT2D eigenvalue weighted by molar-refractivity contribution is 9.10. The van der Waals surface area contributed by atoms with E-state index in [-0.39, 0.29) is 17.9 Å². The lowest BCUT2D eigenvalue weighted by Crippen LogP contribution is -2.48. The third-order valence-corrected chi connectivity index (χ3v) is 4.74. The van der Waals surface area contributed by atoms with E-state index in [1.54, 1.807) is 0 Å². The fourth-order valence-corrected chi connectivity index (χ4v) is 3.50. The Morgan fingerprint density at radius 2 is 2.33 bits per heavy atom. The number of nitrogens with one attached hydrogen (secondary N) is 1. The molecule has 2 fully saturated rings. The molecular formula is C16H21BrN2O2. The molecule has 2 atom stereocenters. The standard InChI is InChI=1S/C16H21BrN2O2/c17-14-5-1-3-12(9-14)15-11-19(7-8-21-15)16(20)13-4-2-6-18-10-13/h1,3,5,9,13,15,18H,2,4,6-8,10-11H2. The lowest BCUT2D eigenvalue weighted by Gasteiger charge is -2.36. The Bertz CT molecular complexity index is 503. The topological polar surface area (TPSA) is 41.6 Å². The average Bonchev–Trinajstić information content (AvgIpc) is 2.55. The Hall–Kier alpha value is -0.910. The summed E-state index contributed by atoms with van der Waals surface area (Å²) in [5, 5.41) is 3.32. The predicted octanol–water partition coefficient (Wildman–Crippen LogP) is 2.35. The molecule has 5 heteroatoms. The van der Waals surface area contributed by atoms with Crippen LogP contribution in [-0.4, -0.2) is 43.6 Å². The van der Waals surface area contributed by atoms with Crippen LogP contribution in [0.1, 0.15) is 24.5 Å². The van der Waals surface area contributed by atoms with E-state index in [1.807, 2.05) is 17.0 Å². The zero-order chi connectivity index (χ0) is 14.7. The lowest BCUT2D eigenvalue weighted by atomic mass is 9.97. The van der Waals surface area contributed by atoms with Gasteiger partial charge in [0.15, 0.2) is 0 Å². The van der Waals surface area contributed by atoms with Crippen molar-refractivity contribution >= 4 is 21.8 Å². The molecular weight excluding hydrogens is 332 g/mol. The fraction of sp³-hybridized carbons (Fsp3) is 0.562. The molecule has 114 valence electrons. The highest BCUT2D eigenvalue weighted by Crippen LogP contribution is 2.26. The van der Waals surface area contributed by atoms with Gasteiger partial charge in [-0.25, -0.2) is 0 Å². The Balaban J connectivity index is 1.66. The summed E-state index contributed by atoms with van der Waals surface area (Å²) in [6.07, 6.45) is 2.08. The first-order valence-corrected chi connectivity index (χ1v) is 8.40. The molecule has 2 saturated heterocycles. The second kappa shape index (κ2) is 6.90. The van der Waals surface area contributed by atoms with Crippen molar-refractivity contribution in [3.05, 3.63) is 34.3 Å². The summed E-state index contributed by atoms with van der Waals surface area (Å²) in [6.45, 7) is 3.83. The molecule has 0 bridgehead atoms.